The van der Waals surface area contributed by atoms with Gasteiger partial charge in [-0.2, -0.15) is 0 Å². The van der Waals surface area contributed by atoms with E-state index in [1.54, 1.807) is 0 Å². The van der Waals surface area contributed by atoms with Gasteiger partial charge in [-0.1, -0.05) is 0 Å². The zero-order valence-corrected chi connectivity index (χ0v) is 8.25. The summed E-state index contributed by atoms with van der Waals surface area (Å²) in [5.41, 5.74) is 0. The number of hydrogen-bond acceptors (Lipinski definition) is 3. The lowest BCUT2D eigenvalue weighted by molar-refractivity contribution is -0.125. The molecule has 76 valence electrons. The second-order valence-electron chi connectivity index (χ2n) is 3.32. The summed E-state index contributed by atoms with van der Waals surface area (Å²) in [5, 5.41) is 0. The van der Waals surface area contributed by atoms with Crippen molar-refractivity contribution in [2.24, 2.45) is 0 Å². The molecule has 1 atom stereocenters. The molecule has 0 aromatic carbocycles. The first kappa shape index (κ1) is 10.7. The van der Waals surface area contributed by atoms with Crippen molar-refractivity contribution in [1.29, 1.82) is 0 Å². The largest absolute Gasteiger partial charge is 0.379 e. The SMILES string of the molecule is CCOCCOC1CCCC(=O)C1. The van der Waals surface area contributed by atoms with Crippen molar-refractivity contribution in [3.63, 3.8) is 0 Å². The van der Waals surface area contributed by atoms with Crippen molar-refractivity contribution < 1.29 is 14.3 Å². The maximum Gasteiger partial charge on any atom is 0.135 e. The van der Waals surface area contributed by atoms with Crippen molar-refractivity contribution >= 4 is 5.78 Å². The van der Waals surface area contributed by atoms with Crippen molar-refractivity contribution in [3.05, 3.63) is 0 Å². The second-order valence-corrected chi connectivity index (χ2v) is 3.32. The minimum atomic E-state index is 0.154. The Labute approximate surface area is 79.4 Å². The van der Waals surface area contributed by atoms with Crippen molar-refractivity contribution in [3.8, 4) is 0 Å². The summed E-state index contributed by atoms with van der Waals surface area (Å²) >= 11 is 0. The van der Waals surface area contributed by atoms with E-state index < -0.39 is 0 Å². The fraction of sp³-hybridized carbons (Fsp3) is 0.900. The van der Waals surface area contributed by atoms with Crippen LogP contribution in [0.3, 0.4) is 0 Å². The molecular formula is C10H18O3. The fourth-order valence-electron chi connectivity index (χ4n) is 1.55. The van der Waals surface area contributed by atoms with Crippen molar-refractivity contribution in [2.45, 2.75) is 38.7 Å². The molecule has 1 aliphatic rings. The van der Waals surface area contributed by atoms with E-state index in [0.29, 0.717) is 25.4 Å². The highest BCUT2D eigenvalue weighted by molar-refractivity contribution is 5.79. The van der Waals surface area contributed by atoms with E-state index in [1.165, 1.54) is 0 Å². The first-order valence-corrected chi connectivity index (χ1v) is 5.04. The predicted octanol–water partition coefficient (Wildman–Crippen LogP) is 1.55. The molecule has 0 aliphatic heterocycles. The quantitative estimate of drug-likeness (QED) is 0.611. The van der Waals surface area contributed by atoms with Gasteiger partial charge in [0.15, 0.2) is 0 Å². The Kier molecular flexibility index (Phi) is 5.01. The highest BCUT2D eigenvalue weighted by atomic mass is 16.5. The minimum absolute atomic E-state index is 0.154. The summed E-state index contributed by atoms with van der Waals surface area (Å²) < 4.78 is 10.7. The van der Waals surface area contributed by atoms with Crippen LogP contribution in [0, 0.1) is 0 Å². The molecule has 0 spiro atoms. The minimum Gasteiger partial charge on any atom is -0.379 e. The van der Waals surface area contributed by atoms with E-state index in [4.69, 9.17) is 9.47 Å². The van der Waals surface area contributed by atoms with Crippen LogP contribution in [-0.4, -0.2) is 31.7 Å². The molecule has 1 saturated carbocycles. The summed E-state index contributed by atoms with van der Waals surface area (Å²) in [6, 6.07) is 0. The van der Waals surface area contributed by atoms with Crippen LogP contribution in [0.5, 0.6) is 0 Å². The molecule has 1 aliphatic carbocycles. The summed E-state index contributed by atoms with van der Waals surface area (Å²) in [6.07, 6.45) is 3.51. The van der Waals surface area contributed by atoms with Crippen LogP contribution in [0.1, 0.15) is 32.6 Å². The molecular weight excluding hydrogens is 168 g/mol. The van der Waals surface area contributed by atoms with Crippen LogP contribution in [0.15, 0.2) is 0 Å². The Hall–Kier alpha value is -0.410. The maximum absolute atomic E-state index is 11.1. The molecule has 0 aromatic heterocycles. The van der Waals surface area contributed by atoms with Crippen molar-refractivity contribution in [2.75, 3.05) is 19.8 Å². The van der Waals surface area contributed by atoms with Gasteiger partial charge in [0.25, 0.3) is 0 Å². The van der Waals surface area contributed by atoms with E-state index in [0.717, 1.165) is 25.9 Å². The Balaban J connectivity index is 2.03. The second kappa shape index (κ2) is 6.11. The van der Waals surface area contributed by atoms with Gasteiger partial charge in [-0.25, -0.2) is 0 Å². The van der Waals surface area contributed by atoms with Crippen molar-refractivity contribution in [1.82, 2.24) is 0 Å². The van der Waals surface area contributed by atoms with Gasteiger partial charge in [0.05, 0.1) is 19.3 Å². The van der Waals surface area contributed by atoms with E-state index in [2.05, 4.69) is 0 Å². The van der Waals surface area contributed by atoms with Crippen LogP contribution in [-0.2, 0) is 14.3 Å². The van der Waals surface area contributed by atoms with Gasteiger partial charge in [0.1, 0.15) is 5.78 Å². The maximum atomic E-state index is 11.1. The van der Waals surface area contributed by atoms with E-state index >= 15 is 0 Å². The third-order valence-corrected chi connectivity index (χ3v) is 2.22. The molecule has 0 aromatic rings. The van der Waals surface area contributed by atoms with E-state index in [1.807, 2.05) is 6.92 Å². The molecule has 3 heteroatoms. The molecule has 3 nitrogen and oxygen atoms in total. The van der Waals surface area contributed by atoms with E-state index in [9.17, 15) is 4.79 Å². The third-order valence-electron chi connectivity index (χ3n) is 2.22. The monoisotopic (exact) mass is 186 g/mol. The molecule has 1 fully saturated rings. The third kappa shape index (κ3) is 4.39. The lowest BCUT2D eigenvalue weighted by Gasteiger charge is -2.20. The van der Waals surface area contributed by atoms with Crippen LogP contribution in [0.2, 0.25) is 0 Å². The summed E-state index contributed by atoms with van der Waals surface area (Å²) in [5.74, 6) is 0.340. The van der Waals surface area contributed by atoms with Gasteiger partial charge in [0, 0.05) is 19.4 Å². The predicted molar refractivity (Wildman–Crippen MR) is 49.7 cm³/mol. The van der Waals surface area contributed by atoms with Crippen LogP contribution >= 0.6 is 0 Å². The summed E-state index contributed by atoms with van der Waals surface area (Å²) in [6.45, 7) is 3.95. The van der Waals surface area contributed by atoms with E-state index in [-0.39, 0.29) is 6.10 Å². The molecule has 0 N–H and O–H groups in total. The number of ketones is 1. The molecule has 13 heavy (non-hydrogen) atoms. The Bertz CT molecular complexity index is 156. The Morgan fingerprint density at radius 3 is 3.00 bits per heavy atom. The topological polar surface area (TPSA) is 35.5 Å². The molecule has 0 amide bonds. The lowest BCUT2D eigenvalue weighted by atomic mass is 9.96. The molecule has 0 radical (unpaired) electrons. The number of hydrogen-bond donors (Lipinski definition) is 0. The van der Waals surface area contributed by atoms with Gasteiger partial charge in [-0.3, -0.25) is 4.79 Å². The lowest BCUT2D eigenvalue weighted by Crippen LogP contribution is -2.24. The Morgan fingerprint density at radius 1 is 1.46 bits per heavy atom. The number of carbonyl (C=O) groups excluding carboxylic acids is 1. The normalized spacial score (nSPS) is 23.5. The molecule has 1 rings (SSSR count). The first-order chi connectivity index (χ1) is 6.33. The molecule has 0 heterocycles. The number of carbonyl (C=O) groups is 1. The van der Waals surface area contributed by atoms with Crippen LogP contribution < -0.4 is 0 Å². The highest BCUT2D eigenvalue weighted by Crippen LogP contribution is 2.17. The van der Waals surface area contributed by atoms with Crippen LogP contribution in [0.4, 0.5) is 0 Å². The number of Topliss-reactive ketones (excluding diaryl/α,β-unsaturated/α-hetero) is 1. The van der Waals surface area contributed by atoms with Gasteiger partial charge in [-0.15, -0.1) is 0 Å². The van der Waals surface area contributed by atoms with Gasteiger partial charge in [-0.05, 0) is 19.8 Å². The average Bonchev–Trinajstić information content (AvgIpc) is 2.13. The summed E-state index contributed by atoms with van der Waals surface area (Å²) in [7, 11) is 0. The molecule has 0 saturated heterocycles. The first-order valence-electron chi connectivity index (χ1n) is 5.04. The number of ether oxygens (including phenoxy) is 2. The average molecular weight is 186 g/mol. The standard InChI is InChI=1S/C10H18O3/c1-2-12-6-7-13-10-5-3-4-9(11)8-10/h10H,2-8H2,1H3. The van der Waals surface area contributed by atoms with Gasteiger partial charge in [0.2, 0.25) is 0 Å². The smallest absolute Gasteiger partial charge is 0.135 e. The zero-order valence-electron chi connectivity index (χ0n) is 8.25. The summed E-state index contributed by atoms with van der Waals surface area (Å²) in [4.78, 5) is 11.1. The highest BCUT2D eigenvalue weighted by Gasteiger charge is 2.19. The number of rotatable bonds is 5. The molecule has 1 unspecified atom stereocenters. The van der Waals surface area contributed by atoms with Crippen LogP contribution in [0.25, 0.3) is 0 Å². The zero-order chi connectivity index (χ0) is 9.52. The Morgan fingerprint density at radius 2 is 2.31 bits per heavy atom. The van der Waals surface area contributed by atoms with Gasteiger partial charge < -0.3 is 9.47 Å². The fourth-order valence-corrected chi connectivity index (χ4v) is 1.55. The van der Waals surface area contributed by atoms with Gasteiger partial charge >= 0.3 is 0 Å². The molecule has 0 bridgehead atoms.